The van der Waals surface area contributed by atoms with Crippen LogP contribution in [-0.2, 0) is 14.3 Å². The monoisotopic (exact) mass is 399 g/mol. The second-order valence-corrected chi connectivity index (χ2v) is 7.16. The van der Waals surface area contributed by atoms with Crippen molar-refractivity contribution >= 4 is 29.6 Å². The van der Waals surface area contributed by atoms with Crippen molar-refractivity contribution < 1.29 is 28.4 Å². The summed E-state index contributed by atoms with van der Waals surface area (Å²) in [7, 11) is 0. The number of esters is 1. The van der Waals surface area contributed by atoms with Crippen LogP contribution < -0.4 is 5.32 Å². The van der Waals surface area contributed by atoms with Gasteiger partial charge in [-0.05, 0) is 31.4 Å². The zero-order valence-corrected chi connectivity index (χ0v) is 16.3. The molecule has 0 aliphatic carbocycles. The van der Waals surface area contributed by atoms with Crippen molar-refractivity contribution in [2.45, 2.75) is 33.2 Å². The molecule has 1 atom stereocenters. The molecule has 1 aromatic carbocycles. The Hall–Kier alpha value is -3.49. The first-order valence-corrected chi connectivity index (χ1v) is 9.14. The summed E-state index contributed by atoms with van der Waals surface area (Å²) >= 11 is 0. The van der Waals surface area contributed by atoms with E-state index in [2.05, 4.69) is 10.5 Å². The summed E-state index contributed by atoms with van der Waals surface area (Å²) in [4.78, 5) is 51.0. The van der Waals surface area contributed by atoms with Crippen molar-refractivity contribution in [3.8, 4) is 0 Å². The van der Waals surface area contributed by atoms with E-state index in [0.717, 1.165) is 4.90 Å². The summed E-state index contributed by atoms with van der Waals surface area (Å²) < 4.78 is 9.96. The molecule has 0 saturated heterocycles. The van der Waals surface area contributed by atoms with Crippen molar-refractivity contribution in [1.82, 2.24) is 10.1 Å². The maximum atomic E-state index is 12.7. The van der Waals surface area contributed by atoms with E-state index >= 15 is 0 Å². The highest BCUT2D eigenvalue weighted by molar-refractivity contribution is 6.22. The van der Waals surface area contributed by atoms with Gasteiger partial charge in [0.15, 0.2) is 6.61 Å². The number of aromatic nitrogens is 1. The molecule has 0 bridgehead atoms. The number of fused-ring (bicyclic) bond motifs is 1. The molecule has 1 aromatic heterocycles. The van der Waals surface area contributed by atoms with Gasteiger partial charge in [0.1, 0.15) is 6.04 Å². The van der Waals surface area contributed by atoms with Crippen molar-refractivity contribution in [1.29, 1.82) is 0 Å². The van der Waals surface area contributed by atoms with Crippen LogP contribution in [0.5, 0.6) is 0 Å². The van der Waals surface area contributed by atoms with E-state index in [1.807, 2.05) is 13.8 Å². The Morgan fingerprint density at radius 3 is 2.31 bits per heavy atom. The van der Waals surface area contributed by atoms with Crippen molar-refractivity contribution in [3.63, 3.8) is 0 Å². The van der Waals surface area contributed by atoms with Gasteiger partial charge in [-0.1, -0.05) is 31.1 Å². The third kappa shape index (κ3) is 4.34. The minimum absolute atomic E-state index is 0.00265. The second kappa shape index (κ2) is 8.26. The van der Waals surface area contributed by atoms with Gasteiger partial charge in [0.05, 0.1) is 16.8 Å². The first-order valence-electron chi connectivity index (χ1n) is 9.14. The fourth-order valence-corrected chi connectivity index (χ4v) is 3.07. The van der Waals surface area contributed by atoms with Gasteiger partial charge in [-0.15, -0.1) is 0 Å². The number of carbonyl (C=O) groups is 4. The van der Waals surface area contributed by atoms with Crippen LogP contribution >= 0.6 is 0 Å². The maximum Gasteiger partial charge on any atom is 0.329 e. The first kappa shape index (κ1) is 20.2. The molecule has 2 aromatic rings. The number of hydrogen-bond donors (Lipinski definition) is 1. The van der Waals surface area contributed by atoms with Crippen LogP contribution in [0.15, 0.2) is 34.9 Å². The Morgan fingerprint density at radius 2 is 1.79 bits per heavy atom. The standard InChI is InChI=1S/C20H21N3O6/c1-11(2)8-15(23-18(25)13-6-4-5-7-14(13)19(23)26)20(27)28-10-16(24)21-17-9-12(3)22-29-17/h4-7,9,11,15H,8,10H2,1-3H3,(H,21,24). The number of hydrogen-bond acceptors (Lipinski definition) is 7. The third-order valence-corrected chi connectivity index (χ3v) is 4.34. The Bertz CT molecular complexity index is 930. The smallest absolute Gasteiger partial charge is 0.329 e. The lowest BCUT2D eigenvalue weighted by molar-refractivity contribution is -0.151. The van der Waals surface area contributed by atoms with Crippen LogP contribution in [0.4, 0.5) is 5.88 Å². The van der Waals surface area contributed by atoms with E-state index in [4.69, 9.17) is 9.26 Å². The summed E-state index contributed by atoms with van der Waals surface area (Å²) in [6.07, 6.45) is 0.215. The number of imide groups is 1. The largest absolute Gasteiger partial charge is 0.454 e. The molecule has 29 heavy (non-hydrogen) atoms. The first-order chi connectivity index (χ1) is 13.8. The topological polar surface area (TPSA) is 119 Å². The lowest BCUT2D eigenvalue weighted by Gasteiger charge is -2.25. The number of amides is 3. The fraction of sp³-hybridized carbons (Fsp3) is 0.350. The molecule has 9 heteroatoms. The highest BCUT2D eigenvalue weighted by atomic mass is 16.5. The Labute approximate surface area is 167 Å². The minimum atomic E-state index is -1.12. The predicted molar refractivity (Wildman–Crippen MR) is 101 cm³/mol. The Morgan fingerprint density at radius 1 is 1.17 bits per heavy atom. The van der Waals surface area contributed by atoms with Gasteiger partial charge in [-0.3, -0.25) is 24.6 Å². The lowest BCUT2D eigenvalue weighted by atomic mass is 10.0. The van der Waals surface area contributed by atoms with Crippen molar-refractivity contribution in [2.24, 2.45) is 5.92 Å². The molecule has 9 nitrogen and oxygen atoms in total. The molecule has 2 heterocycles. The number of nitrogens with zero attached hydrogens (tertiary/aromatic N) is 2. The van der Waals surface area contributed by atoms with E-state index in [1.165, 1.54) is 6.07 Å². The molecule has 0 fully saturated rings. The number of anilines is 1. The minimum Gasteiger partial charge on any atom is -0.454 e. The summed E-state index contributed by atoms with van der Waals surface area (Å²) in [5.74, 6) is -2.41. The highest BCUT2D eigenvalue weighted by Gasteiger charge is 2.43. The molecular weight excluding hydrogens is 378 g/mol. The normalized spacial score (nSPS) is 14.1. The molecule has 3 rings (SSSR count). The molecule has 0 radical (unpaired) electrons. The van der Waals surface area contributed by atoms with Crippen molar-refractivity contribution in [3.05, 3.63) is 47.2 Å². The van der Waals surface area contributed by atoms with Crippen LogP contribution in [0.25, 0.3) is 0 Å². The fourth-order valence-electron chi connectivity index (χ4n) is 3.07. The van der Waals surface area contributed by atoms with Crippen LogP contribution in [0.2, 0.25) is 0 Å². The van der Waals surface area contributed by atoms with E-state index in [-0.39, 0.29) is 29.3 Å². The SMILES string of the molecule is Cc1cc(NC(=O)COC(=O)C(CC(C)C)N2C(=O)c3ccccc3C2=O)on1. The number of carbonyl (C=O) groups excluding carboxylic acids is 4. The van der Waals surface area contributed by atoms with E-state index in [9.17, 15) is 19.2 Å². The molecule has 0 spiro atoms. The van der Waals surface area contributed by atoms with Crippen LogP contribution in [-0.4, -0.2) is 46.4 Å². The van der Waals surface area contributed by atoms with E-state index in [0.29, 0.717) is 5.69 Å². The molecule has 3 amide bonds. The maximum absolute atomic E-state index is 12.7. The number of rotatable bonds is 7. The Balaban J connectivity index is 1.70. The zero-order valence-electron chi connectivity index (χ0n) is 16.3. The average molecular weight is 399 g/mol. The molecule has 152 valence electrons. The number of aryl methyl sites for hydroxylation is 1. The van der Waals surface area contributed by atoms with E-state index in [1.54, 1.807) is 31.2 Å². The van der Waals surface area contributed by atoms with Gasteiger partial charge < -0.3 is 9.26 Å². The van der Waals surface area contributed by atoms with Crippen LogP contribution in [0.3, 0.4) is 0 Å². The molecule has 1 N–H and O–H groups in total. The van der Waals surface area contributed by atoms with Gasteiger partial charge in [0, 0.05) is 6.07 Å². The van der Waals surface area contributed by atoms with Crippen LogP contribution in [0, 0.1) is 12.8 Å². The molecule has 1 aliphatic heterocycles. The third-order valence-electron chi connectivity index (χ3n) is 4.34. The number of nitrogens with one attached hydrogen (secondary N) is 1. The number of ether oxygens (including phenoxy) is 1. The van der Waals surface area contributed by atoms with Gasteiger partial charge in [-0.25, -0.2) is 4.79 Å². The molecular formula is C20H21N3O6. The summed E-state index contributed by atoms with van der Waals surface area (Å²) in [5.41, 5.74) is 1.08. The summed E-state index contributed by atoms with van der Waals surface area (Å²) in [5, 5.41) is 6.04. The summed E-state index contributed by atoms with van der Waals surface area (Å²) in [6, 6.07) is 6.78. The molecule has 1 unspecified atom stereocenters. The average Bonchev–Trinajstić information content (AvgIpc) is 3.19. The van der Waals surface area contributed by atoms with Gasteiger partial charge in [-0.2, -0.15) is 0 Å². The zero-order chi connectivity index (χ0) is 21.1. The lowest BCUT2D eigenvalue weighted by Crippen LogP contribution is -2.46. The number of benzene rings is 1. The second-order valence-electron chi connectivity index (χ2n) is 7.16. The summed E-state index contributed by atoms with van der Waals surface area (Å²) in [6.45, 7) is 4.82. The van der Waals surface area contributed by atoms with Gasteiger partial charge in [0.2, 0.25) is 5.88 Å². The molecule has 1 aliphatic rings. The van der Waals surface area contributed by atoms with Gasteiger partial charge >= 0.3 is 5.97 Å². The quantitative estimate of drug-likeness (QED) is 0.560. The van der Waals surface area contributed by atoms with E-state index < -0.39 is 36.3 Å². The highest BCUT2D eigenvalue weighted by Crippen LogP contribution is 2.27. The van der Waals surface area contributed by atoms with Gasteiger partial charge in [0.25, 0.3) is 17.7 Å². The van der Waals surface area contributed by atoms with Crippen molar-refractivity contribution in [2.75, 3.05) is 11.9 Å². The Kier molecular flexibility index (Phi) is 5.76. The molecule has 0 saturated carbocycles. The predicted octanol–water partition coefficient (Wildman–Crippen LogP) is 2.18. The van der Waals surface area contributed by atoms with Crippen LogP contribution in [0.1, 0.15) is 46.7 Å².